The van der Waals surface area contributed by atoms with Crippen LogP contribution in [0.15, 0.2) is 48.6 Å². The van der Waals surface area contributed by atoms with Gasteiger partial charge in [-0.2, -0.15) is 0 Å². The molecule has 0 saturated heterocycles. The minimum atomic E-state index is -0.858. The molecule has 0 aromatic rings. The molecule has 0 radical (unpaired) electrons. The highest BCUT2D eigenvalue weighted by molar-refractivity contribution is 5.76. The van der Waals surface area contributed by atoms with Crippen LogP contribution in [0.1, 0.15) is 335 Å². The van der Waals surface area contributed by atoms with Gasteiger partial charge in [0.25, 0.3) is 0 Å². The van der Waals surface area contributed by atoms with E-state index in [9.17, 15) is 19.8 Å². The summed E-state index contributed by atoms with van der Waals surface area (Å²) < 4.78 is 5.44. The van der Waals surface area contributed by atoms with Crippen LogP contribution in [0, 0.1) is 0 Å². The lowest BCUT2D eigenvalue weighted by molar-refractivity contribution is -0.143. The maximum Gasteiger partial charge on any atom is 0.305 e. The van der Waals surface area contributed by atoms with Gasteiger partial charge in [0.2, 0.25) is 5.91 Å². The predicted octanol–water partition coefficient (Wildman–Crippen LogP) is 20.1. The number of allylic oxidation sites excluding steroid dienone is 7. The number of carbonyl (C=O) groups is 2. The fourth-order valence-corrected chi connectivity index (χ4v) is 9.66. The summed E-state index contributed by atoms with van der Waals surface area (Å²) in [6.07, 6.45) is 78.7. The largest absolute Gasteiger partial charge is 0.466 e. The minimum Gasteiger partial charge on any atom is -0.466 e. The molecule has 0 rings (SSSR count). The van der Waals surface area contributed by atoms with Gasteiger partial charge in [-0.1, -0.05) is 274 Å². The maximum absolute atomic E-state index is 12.5. The zero-order chi connectivity index (χ0) is 52.2. The molecule has 6 nitrogen and oxygen atoms in total. The highest BCUT2D eigenvalue weighted by atomic mass is 16.5. The number of aliphatic hydroxyl groups excluding tert-OH is 2. The molecule has 6 heteroatoms. The highest BCUT2D eigenvalue weighted by Crippen LogP contribution is 2.17. The van der Waals surface area contributed by atoms with Crippen LogP contribution < -0.4 is 5.32 Å². The van der Waals surface area contributed by atoms with Gasteiger partial charge in [-0.25, -0.2) is 0 Å². The third-order valence-corrected chi connectivity index (χ3v) is 14.6. The van der Waals surface area contributed by atoms with Crippen LogP contribution in [0.5, 0.6) is 0 Å². The molecule has 0 aromatic heterocycles. The van der Waals surface area contributed by atoms with E-state index in [1.807, 2.05) is 6.08 Å². The summed E-state index contributed by atoms with van der Waals surface area (Å²) in [5.41, 5.74) is 0. The second kappa shape index (κ2) is 61.4. The van der Waals surface area contributed by atoms with Crippen LogP contribution in [0.2, 0.25) is 0 Å². The van der Waals surface area contributed by atoms with E-state index in [0.29, 0.717) is 19.4 Å². The van der Waals surface area contributed by atoms with Crippen LogP contribution in [0.3, 0.4) is 0 Å². The Kier molecular flexibility index (Phi) is 59.5. The zero-order valence-electron chi connectivity index (χ0n) is 48.2. The molecule has 0 heterocycles. The molecule has 2 atom stereocenters. The minimum absolute atomic E-state index is 0.0256. The lowest BCUT2D eigenvalue weighted by Crippen LogP contribution is -2.45. The first-order valence-electron chi connectivity index (χ1n) is 31.9. The Bertz CT molecular complexity index is 1210. The Morgan fingerprint density at radius 2 is 0.694 bits per heavy atom. The molecule has 72 heavy (non-hydrogen) atoms. The Morgan fingerprint density at radius 1 is 0.389 bits per heavy atom. The lowest BCUT2D eigenvalue weighted by Gasteiger charge is -2.20. The smallest absolute Gasteiger partial charge is 0.305 e. The number of amides is 1. The molecule has 0 aliphatic heterocycles. The summed E-state index contributed by atoms with van der Waals surface area (Å²) in [6.45, 7) is 4.86. The average molecular weight is 1010 g/mol. The molecule has 0 aromatic carbocycles. The Morgan fingerprint density at radius 3 is 1.08 bits per heavy atom. The molecule has 422 valence electrons. The SMILES string of the molecule is CCCCCC/C=C\CCCCCCCC(=O)OCCCCC/C=C\C/C=C\CCCCCCCCCC(=O)NC(CO)C(O)/C=C/CCCCCCCCCCCCCCCCCCCCCCCCC. The molecule has 3 N–H and O–H groups in total. The molecule has 0 fully saturated rings. The van der Waals surface area contributed by atoms with Crippen LogP contribution in [0.4, 0.5) is 0 Å². The summed E-state index contributed by atoms with van der Waals surface area (Å²) in [4.78, 5) is 24.5. The van der Waals surface area contributed by atoms with Crippen molar-refractivity contribution >= 4 is 11.9 Å². The van der Waals surface area contributed by atoms with Gasteiger partial charge >= 0.3 is 5.97 Å². The second-order valence-electron chi connectivity index (χ2n) is 21.7. The summed E-state index contributed by atoms with van der Waals surface area (Å²) >= 11 is 0. The normalized spacial score (nSPS) is 12.9. The van der Waals surface area contributed by atoms with E-state index in [2.05, 4.69) is 55.6 Å². The third kappa shape index (κ3) is 57.1. The van der Waals surface area contributed by atoms with Crippen molar-refractivity contribution in [2.24, 2.45) is 0 Å². The third-order valence-electron chi connectivity index (χ3n) is 14.6. The van der Waals surface area contributed by atoms with E-state index < -0.39 is 12.1 Å². The van der Waals surface area contributed by atoms with Crippen molar-refractivity contribution in [2.75, 3.05) is 13.2 Å². The molecular formula is C66H123NO5. The van der Waals surface area contributed by atoms with Crippen molar-refractivity contribution in [2.45, 2.75) is 347 Å². The van der Waals surface area contributed by atoms with Crippen molar-refractivity contribution in [3.05, 3.63) is 48.6 Å². The number of hydrogen-bond donors (Lipinski definition) is 3. The molecule has 0 aliphatic rings. The van der Waals surface area contributed by atoms with Gasteiger partial charge in [-0.15, -0.1) is 0 Å². The second-order valence-corrected chi connectivity index (χ2v) is 21.7. The summed E-state index contributed by atoms with van der Waals surface area (Å²) in [5, 5.41) is 23.2. The number of rotatable bonds is 59. The van der Waals surface area contributed by atoms with Crippen molar-refractivity contribution in [1.29, 1.82) is 0 Å². The zero-order valence-corrected chi connectivity index (χ0v) is 48.2. The van der Waals surface area contributed by atoms with Gasteiger partial charge in [0, 0.05) is 12.8 Å². The summed E-state index contributed by atoms with van der Waals surface area (Å²) in [6, 6.07) is -0.643. The number of esters is 1. The molecule has 0 bridgehead atoms. The Hall–Kier alpha value is -2.18. The summed E-state index contributed by atoms with van der Waals surface area (Å²) in [7, 11) is 0. The number of nitrogens with one attached hydrogen (secondary N) is 1. The Balaban J connectivity index is 3.53. The van der Waals surface area contributed by atoms with Gasteiger partial charge in [0.1, 0.15) is 0 Å². The number of unbranched alkanes of at least 4 members (excludes halogenated alkanes) is 42. The van der Waals surface area contributed by atoms with Gasteiger partial charge in [-0.05, 0) is 96.3 Å². The number of carbonyl (C=O) groups excluding carboxylic acids is 2. The van der Waals surface area contributed by atoms with E-state index in [1.165, 1.54) is 225 Å². The summed E-state index contributed by atoms with van der Waals surface area (Å²) in [5.74, 6) is -0.108. The molecular weight excluding hydrogens is 887 g/mol. The van der Waals surface area contributed by atoms with E-state index >= 15 is 0 Å². The van der Waals surface area contributed by atoms with Crippen LogP contribution in [0.25, 0.3) is 0 Å². The van der Waals surface area contributed by atoms with Gasteiger partial charge in [0.05, 0.1) is 25.4 Å². The molecule has 1 amide bonds. The van der Waals surface area contributed by atoms with E-state index in [4.69, 9.17) is 4.74 Å². The van der Waals surface area contributed by atoms with Crippen molar-refractivity contribution in [3.8, 4) is 0 Å². The van der Waals surface area contributed by atoms with E-state index in [1.54, 1.807) is 6.08 Å². The maximum atomic E-state index is 12.5. The number of aliphatic hydroxyl groups is 2. The Labute approximate surface area is 448 Å². The predicted molar refractivity (Wildman–Crippen MR) is 315 cm³/mol. The van der Waals surface area contributed by atoms with Crippen LogP contribution in [-0.2, 0) is 14.3 Å². The van der Waals surface area contributed by atoms with Crippen molar-refractivity contribution < 1.29 is 24.5 Å². The van der Waals surface area contributed by atoms with Crippen LogP contribution >= 0.6 is 0 Å². The fourth-order valence-electron chi connectivity index (χ4n) is 9.66. The van der Waals surface area contributed by atoms with Crippen LogP contribution in [-0.4, -0.2) is 47.4 Å². The molecule has 0 aliphatic carbocycles. The first-order chi connectivity index (χ1) is 35.5. The van der Waals surface area contributed by atoms with Crippen molar-refractivity contribution in [3.63, 3.8) is 0 Å². The van der Waals surface area contributed by atoms with E-state index in [-0.39, 0.29) is 18.5 Å². The van der Waals surface area contributed by atoms with Crippen molar-refractivity contribution in [1.82, 2.24) is 5.32 Å². The number of hydrogen-bond acceptors (Lipinski definition) is 5. The first kappa shape index (κ1) is 69.8. The molecule has 0 spiro atoms. The lowest BCUT2D eigenvalue weighted by atomic mass is 10.0. The van der Waals surface area contributed by atoms with Gasteiger partial charge < -0.3 is 20.3 Å². The average Bonchev–Trinajstić information content (AvgIpc) is 3.38. The molecule has 2 unspecified atom stereocenters. The number of ether oxygens (including phenoxy) is 1. The molecule has 0 saturated carbocycles. The standard InChI is InChI=1S/C66H123NO5/c1-3-5-7-9-11-13-15-17-18-19-20-21-22-23-24-25-26-28-31-35-38-42-46-50-54-58-64(69)63(62-68)67-65(70)59-55-51-47-43-39-36-32-29-27-30-33-37-41-45-49-53-57-61-72-66(71)60-56-52-48-44-40-34-16-14-12-10-8-6-4-2/h14,16,27,30,37,41,54,58,63-64,68-69H,3-13,15,17-26,28-29,31-36,38-40,42-53,55-57,59-62H2,1-2H3,(H,67,70)/b16-14-,30-27-,41-37-,58-54+. The van der Waals surface area contributed by atoms with E-state index in [0.717, 1.165) is 83.5 Å². The topological polar surface area (TPSA) is 95.9 Å². The first-order valence-corrected chi connectivity index (χ1v) is 31.9. The highest BCUT2D eigenvalue weighted by Gasteiger charge is 2.18. The fraction of sp³-hybridized carbons (Fsp3) is 0.848. The van der Waals surface area contributed by atoms with Gasteiger partial charge in [0.15, 0.2) is 0 Å². The quantitative estimate of drug-likeness (QED) is 0.0320. The van der Waals surface area contributed by atoms with Gasteiger partial charge in [-0.3, -0.25) is 9.59 Å². The monoisotopic (exact) mass is 1010 g/mol.